The summed E-state index contributed by atoms with van der Waals surface area (Å²) in [5, 5.41) is 15.8. The van der Waals surface area contributed by atoms with Gasteiger partial charge in [-0.15, -0.1) is 0 Å². The summed E-state index contributed by atoms with van der Waals surface area (Å²) in [6.07, 6.45) is 15.3. The molecule has 7 aromatic carbocycles. The quantitative estimate of drug-likeness (QED) is 0.115. The number of H-pyrrole nitrogens is 3. The van der Waals surface area contributed by atoms with Crippen molar-refractivity contribution in [2.45, 2.75) is 166 Å². The van der Waals surface area contributed by atoms with Gasteiger partial charge in [-0.1, -0.05) is 262 Å². The van der Waals surface area contributed by atoms with Crippen LogP contribution in [0.25, 0.3) is 27.5 Å². The normalized spacial score (nSPS) is 10.5. The number of aryl methyl sites for hydroxylation is 4. The highest BCUT2D eigenvalue weighted by molar-refractivity contribution is 6.36. The number of fused-ring (bicyclic) bond motifs is 3. The average molecular weight is 1820 g/mol. The van der Waals surface area contributed by atoms with E-state index in [1.165, 1.54) is 23.4 Å². The van der Waals surface area contributed by atoms with Gasteiger partial charge in [0.25, 0.3) is 0 Å². The number of imidazole rings is 1. The predicted molar refractivity (Wildman–Crippen MR) is 515 cm³/mol. The zero-order valence-corrected chi connectivity index (χ0v) is 81.5. The van der Waals surface area contributed by atoms with Crippen LogP contribution in [-0.2, 0) is 23.7 Å². The number of ether oxygens (including phenoxy) is 5. The Morgan fingerprint density at radius 1 is 0.305 bits per heavy atom. The molecule has 5 heterocycles. The highest BCUT2D eigenvalue weighted by Crippen LogP contribution is 2.35. The lowest BCUT2D eigenvalue weighted by Gasteiger charge is -2.16. The van der Waals surface area contributed by atoms with E-state index in [4.69, 9.17) is 140 Å². The van der Waals surface area contributed by atoms with E-state index in [1.54, 1.807) is 85.7 Å². The smallest absolute Gasteiger partial charge is 0.137 e. The first kappa shape index (κ1) is 114. The Morgan fingerprint density at radius 3 is 0.788 bits per heavy atom. The van der Waals surface area contributed by atoms with E-state index in [2.05, 4.69) is 180 Å². The first-order valence-electron chi connectivity index (χ1n) is 39.0. The molecule has 12 aromatic rings. The Hall–Kier alpha value is -6.18. The molecule has 5 aromatic heterocycles. The first-order chi connectivity index (χ1) is 55.4. The van der Waals surface area contributed by atoms with E-state index in [9.17, 15) is 0 Å². The summed E-state index contributed by atoms with van der Waals surface area (Å²) in [6, 6.07) is 53.4. The standard InChI is InChI=1S/C18H11Cl2N.4C7H6Cl2.5C7H16O.C5H5N.C4H5N.C3H4N2.C2H3N3/c19-12-9-10-15(20)18(11-12)21-16-7-3-1-5-13(16)14-6-2-4-8-17(14)21;4*1-5-4-6(8)2-3-7(5)9;5*1-5-8-6-7(2,3)4;1-2-4-6-5-3-1;1-2-4-5-3-1;1-2-5-3-4-1;1-3-2-5-4-1/h1-11H;4*2-4H,1H3;5*5-6H2,1-4H3;1-5H;1-5H;1-3H,(H,4,5);1-2H,(H,3,4,5). The molecule has 12 rings (SSSR count). The van der Waals surface area contributed by atoms with Gasteiger partial charge in [0.05, 0.1) is 61.1 Å². The Bertz CT molecular complexity index is 3890. The van der Waals surface area contributed by atoms with Crippen molar-refractivity contribution < 1.29 is 23.7 Å². The minimum Gasteiger partial charge on any atom is -0.381 e. The van der Waals surface area contributed by atoms with E-state index < -0.39 is 0 Å². The van der Waals surface area contributed by atoms with Crippen LogP contribution in [0.5, 0.6) is 0 Å². The van der Waals surface area contributed by atoms with Crippen molar-refractivity contribution in [2.24, 2.45) is 27.1 Å². The summed E-state index contributed by atoms with van der Waals surface area (Å²) in [7, 11) is 0. The molecule has 13 nitrogen and oxygen atoms in total. The number of benzene rings is 7. The van der Waals surface area contributed by atoms with Crippen molar-refractivity contribution in [1.82, 2.24) is 39.7 Å². The molecule has 0 saturated heterocycles. The fourth-order valence-electron chi connectivity index (χ4n) is 8.29. The number of hydrogen-bond donors (Lipinski definition) is 3. The molecule has 118 heavy (non-hydrogen) atoms. The summed E-state index contributed by atoms with van der Waals surface area (Å²) >= 11 is 58.1. The fourth-order valence-corrected chi connectivity index (χ4v) is 10.0. The number of nitrogens with zero attached hydrogens (tertiary/aromatic N) is 5. The van der Waals surface area contributed by atoms with Crippen LogP contribution >= 0.6 is 116 Å². The summed E-state index contributed by atoms with van der Waals surface area (Å²) < 4.78 is 28.2. The maximum atomic E-state index is 6.41. The number of aromatic amines is 3. The van der Waals surface area contributed by atoms with Gasteiger partial charge in [-0.3, -0.25) is 10.1 Å². The summed E-state index contributed by atoms with van der Waals surface area (Å²) in [5.74, 6) is 0. The Labute approximate surface area is 758 Å². The minimum absolute atomic E-state index is 0.329. The molecule has 0 radical (unpaired) electrons. The molecular weight excluding hydrogens is 1690 g/mol. The molecule has 0 amide bonds. The van der Waals surface area contributed by atoms with Crippen LogP contribution in [0.15, 0.2) is 226 Å². The average Bonchev–Trinajstić information content (AvgIpc) is 1.60. The van der Waals surface area contributed by atoms with Gasteiger partial charge in [-0.2, -0.15) is 5.10 Å². The van der Waals surface area contributed by atoms with Crippen LogP contribution in [0.1, 0.15) is 161 Å². The third-order valence-electron chi connectivity index (χ3n) is 13.7. The van der Waals surface area contributed by atoms with E-state index in [0.717, 1.165) is 145 Å². The number of para-hydroxylation sites is 2. The van der Waals surface area contributed by atoms with Gasteiger partial charge in [-0.25, -0.2) is 9.97 Å². The van der Waals surface area contributed by atoms with Crippen molar-refractivity contribution in [3.63, 3.8) is 0 Å². The van der Waals surface area contributed by atoms with E-state index in [-0.39, 0.29) is 0 Å². The van der Waals surface area contributed by atoms with Crippen LogP contribution in [0.4, 0.5) is 0 Å². The highest BCUT2D eigenvalue weighted by Gasteiger charge is 2.15. The second-order valence-corrected chi connectivity index (χ2v) is 36.1. The molecule has 23 heteroatoms. The molecule has 0 atom stereocenters. The molecule has 0 aliphatic heterocycles. The van der Waals surface area contributed by atoms with Crippen molar-refractivity contribution in [1.29, 1.82) is 0 Å². The van der Waals surface area contributed by atoms with Crippen LogP contribution in [0.3, 0.4) is 0 Å². The lowest BCUT2D eigenvalue weighted by molar-refractivity contribution is 0.0805. The van der Waals surface area contributed by atoms with Gasteiger partial charge >= 0.3 is 0 Å². The number of aromatic nitrogens is 8. The minimum atomic E-state index is 0.329. The van der Waals surface area contributed by atoms with E-state index in [0.29, 0.717) is 37.1 Å². The number of hydrogen-bond acceptors (Lipinski definition) is 9. The van der Waals surface area contributed by atoms with Gasteiger partial charge in [0, 0.05) is 126 Å². The number of nitrogens with one attached hydrogen (secondary N) is 3. The van der Waals surface area contributed by atoms with Crippen LogP contribution in [-0.4, -0.2) is 106 Å². The van der Waals surface area contributed by atoms with Crippen molar-refractivity contribution >= 4 is 138 Å². The Kier molecular flexibility index (Phi) is 63.2. The number of halogens is 10. The topological polar surface area (TPSA) is 150 Å². The maximum absolute atomic E-state index is 6.41. The third kappa shape index (κ3) is 63.8. The van der Waals surface area contributed by atoms with Gasteiger partial charge in [0.2, 0.25) is 0 Å². The Morgan fingerprint density at radius 2 is 0.610 bits per heavy atom. The second-order valence-electron chi connectivity index (χ2n) is 31.9. The number of rotatable bonds is 11. The van der Waals surface area contributed by atoms with Crippen molar-refractivity contribution in [3.8, 4) is 5.69 Å². The van der Waals surface area contributed by atoms with Crippen molar-refractivity contribution in [2.75, 3.05) is 66.1 Å². The lowest BCUT2D eigenvalue weighted by atomic mass is 9.99. The molecule has 0 saturated carbocycles. The van der Waals surface area contributed by atoms with E-state index in [1.807, 2.05) is 154 Å². The molecule has 0 unspecified atom stereocenters. The van der Waals surface area contributed by atoms with Gasteiger partial charge in [0.15, 0.2) is 0 Å². The fraction of sp³-hybridized carbons (Fsp3) is 0.411. The maximum Gasteiger partial charge on any atom is 0.137 e. The van der Waals surface area contributed by atoms with Crippen LogP contribution in [0, 0.1) is 54.8 Å². The van der Waals surface area contributed by atoms with Crippen molar-refractivity contribution in [3.05, 3.63) is 299 Å². The predicted octanol–water partition coefficient (Wildman–Crippen LogP) is 32.0. The molecule has 0 fully saturated rings. The lowest BCUT2D eigenvalue weighted by Crippen LogP contribution is -2.14. The monoisotopic (exact) mass is 1810 g/mol. The van der Waals surface area contributed by atoms with Crippen LogP contribution < -0.4 is 0 Å². The molecule has 0 spiro atoms. The largest absolute Gasteiger partial charge is 0.381 e. The van der Waals surface area contributed by atoms with Gasteiger partial charge in [0.1, 0.15) is 12.7 Å². The molecule has 652 valence electrons. The summed E-state index contributed by atoms with van der Waals surface area (Å²) in [4.78, 5) is 16.6. The van der Waals surface area contributed by atoms with Gasteiger partial charge < -0.3 is 38.2 Å². The summed E-state index contributed by atoms with van der Waals surface area (Å²) in [6.45, 7) is 58.8. The molecule has 0 aliphatic carbocycles. The van der Waals surface area contributed by atoms with Crippen LogP contribution in [0.2, 0.25) is 50.2 Å². The second kappa shape index (κ2) is 65.5. The first-order valence-corrected chi connectivity index (χ1v) is 42.8. The molecular formula is C95H132Cl10N8O5. The Balaban J connectivity index is 0. The zero-order valence-electron chi connectivity index (χ0n) is 74.0. The molecule has 0 bridgehead atoms. The molecule has 3 N–H and O–H groups in total. The third-order valence-corrected chi connectivity index (χ3v) is 16.9. The highest BCUT2D eigenvalue weighted by atomic mass is 35.5. The summed E-state index contributed by atoms with van der Waals surface area (Å²) in [5.41, 5.74) is 8.88. The van der Waals surface area contributed by atoms with Gasteiger partial charge in [-0.05, 0) is 239 Å². The number of pyridine rings is 1. The van der Waals surface area contributed by atoms with E-state index >= 15 is 0 Å². The zero-order chi connectivity index (χ0) is 89.8. The SMILES string of the molecule is CCOCC(C)(C)C.CCOCC(C)(C)C.CCOCC(C)(C)C.CCOCC(C)(C)C.CCOCC(C)(C)C.Cc1cc(Cl)ccc1Cl.Cc1cc(Cl)ccc1Cl.Cc1cc(Cl)ccc1Cl.Cc1cc(Cl)ccc1Cl.Clc1ccc(Cl)c(-n2c3ccccc3c3ccccc32)c1.c1c[nH]cn1.c1cc[nH]c1.c1ccncc1.c1nc[nH]n1. The molecule has 0 aliphatic rings.